The Kier molecular flexibility index (Phi) is 6.64. The van der Waals surface area contributed by atoms with Crippen LogP contribution in [0.1, 0.15) is 31.9 Å². The summed E-state index contributed by atoms with van der Waals surface area (Å²) in [4.78, 5) is 0. The molecule has 5 heteroatoms. The van der Waals surface area contributed by atoms with E-state index < -0.39 is 0 Å². The molecule has 3 nitrogen and oxygen atoms in total. The molecule has 0 heterocycles. The molecule has 0 aromatic heterocycles. The maximum absolute atomic E-state index is 6.41. The van der Waals surface area contributed by atoms with E-state index in [0.717, 1.165) is 21.8 Å². The molecule has 2 aromatic carbocycles. The summed E-state index contributed by atoms with van der Waals surface area (Å²) >= 11 is 12.6. The van der Waals surface area contributed by atoms with E-state index in [1.807, 2.05) is 58.0 Å². The lowest BCUT2D eigenvalue weighted by atomic mass is 10.1. The van der Waals surface area contributed by atoms with Gasteiger partial charge in [0.05, 0.1) is 12.7 Å². The zero-order chi connectivity index (χ0) is 17.7. The van der Waals surface area contributed by atoms with Crippen LogP contribution in [-0.4, -0.2) is 12.7 Å². The molecule has 0 radical (unpaired) electrons. The van der Waals surface area contributed by atoms with Gasteiger partial charge in [0.1, 0.15) is 0 Å². The molecule has 2 aromatic rings. The zero-order valence-electron chi connectivity index (χ0n) is 14.5. The molecule has 0 unspecified atom stereocenters. The highest BCUT2D eigenvalue weighted by molar-refractivity contribution is 6.32. The number of rotatable bonds is 7. The van der Waals surface area contributed by atoms with Crippen LogP contribution in [-0.2, 0) is 6.54 Å². The van der Waals surface area contributed by atoms with Crippen LogP contribution in [0.2, 0.25) is 10.0 Å². The summed E-state index contributed by atoms with van der Waals surface area (Å²) in [5.41, 5.74) is 2.93. The van der Waals surface area contributed by atoms with Gasteiger partial charge in [-0.1, -0.05) is 29.3 Å². The summed E-state index contributed by atoms with van der Waals surface area (Å²) in [6, 6.07) is 9.62. The van der Waals surface area contributed by atoms with Crippen molar-refractivity contribution in [2.75, 3.05) is 11.9 Å². The summed E-state index contributed by atoms with van der Waals surface area (Å²) in [6.07, 6.45) is 0.0546. The molecule has 0 aliphatic heterocycles. The summed E-state index contributed by atoms with van der Waals surface area (Å²) in [7, 11) is 0. The molecule has 0 amide bonds. The molecule has 0 bridgehead atoms. The smallest absolute Gasteiger partial charge is 0.163 e. The van der Waals surface area contributed by atoms with Gasteiger partial charge in [0.25, 0.3) is 0 Å². The number of aryl methyl sites for hydroxylation is 1. The first-order chi connectivity index (χ1) is 11.4. The number of benzene rings is 2. The predicted octanol–water partition coefficient (Wildman–Crippen LogP) is 6.10. The van der Waals surface area contributed by atoms with Crippen molar-refractivity contribution in [3.63, 3.8) is 0 Å². The largest absolute Gasteiger partial charge is 0.490 e. The second kappa shape index (κ2) is 8.50. The Hall–Kier alpha value is -1.58. The molecule has 0 saturated carbocycles. The van der Waals surface area contributed by atoms with Crippen LogP contribution in [0.5, 0.6) is 11.5 Å². The number of hydrogen-bond donors (Lipinski definition) is 1. The molecule has 0 atom stereocenters. The predicted molar refractivity (Wildman–Crippen MR) is 102 cm³/mol. The SMILES string of the molecule is CCOc1cc(CNc2ccc(C)c(Cl)c2)c(Cl)cc1OC(C)C. The van der Waals surface area contributed by atoms with Crippen molar-refractivity contribution in [2.24, 2.45) is 0 Å². The third kappa shape index (κ3) is 4.96. The average Bonchev–Trinajstić information content (AvgIpc) is 2.51. The molecule has 0 aliphatic carbocycles. The van der Waals surface area contributed by atoms with Crippen molar-refractivity contribution in [3.8, 4) is 11.5 Å². The molecule has 2 rings (SSSR count). The number of nitrogens with one attached hydrogen (secondary N) is 1. The fraction of sp³-hybridized carbons (Fsp3) is 0.368. The fourth-order valence-corrected chi connectivity index (χ4v) is 2.63. The van der Waals surface area contributed by atoms with Crippen molar-refractivity contribution in [1.29, 1.82) is 0 Å². The lowest BCUT2D eigenvalue weighted by Crippen LogP contribution is -2.08. The van der Waals surface area contributed by atoms with Crippen molar-refractivity contribution in [3.05, 3.63) is 51.5 Å². The van der Waals surface area contributed by atoms with Crippen LogP contribution < -0.4 is 14.8 Å². The molecular weight excluding hydrogens is 345 g/mol. The normalized spacial score (nSPS) is 10.8. The van der Waals surface area contributed by atoms with Gasteiger partial charge < -0.3 is 14.8 Å². The lowest BCUT2D eigenvalue weighted by molar-refractivity contribution is 0.224. The minimum Gasteiger partial charge on any atom is -0.490 e. The van der Waals surface area contributed by atoms with Gasteiger partial charge in [-0.15, -0.1) is 0 Å². The monoisotopic (exact) mass is 367 g/mol. The van der Waals surface area contributed by atoms with Crippen molar-refractivity contribution >= 4 is 28.9 Å². The Bertz CT molecular complexity index is 702. The van der Waals surface area contributed by atoms with E-state index in [0.29, 0.717) is 29.7 Å². The van der Waals surface area contributed by atoms with Gasteiger partial charge in [0.15, 0.2) is 11.5 Å². The maximum Gasteiger partial charge on any atom is 0.163 e. The van der Waals surface area contributed by atoms with Crippen molar-refractivity contribution < 1.29 is 9.47 Å². The average molecular weight is 368 g/mol. The first-order valence-electron chi connectivity index (χ1n) is 8.02. The summed E-state index contributed by atoms with van der Waals surface area (Å²) < 4.78 is 11.5. The van der Waals surface area contributed by atoms with Crippen LogP contribution in [0, 0.1) is 6.92 Å². The minimum absolute atomic E-state index is 0.0546. The van der Waals surface area contributed by atoms with Crippen molar-refractivity contribution in [1.82, 2.24) is 0 Å². The van der Waals surface area contributed by atoms with Crippen LogP contribution in [0.3, 0.4) is 0 Å². The van der Waals surface area contributed by atoms with E-state index in [-0.39, 0.29) is 6.10 Å². The van der Waals surface area contributed by atoms with Gasteiger partial charge >= 0.3 is 0 Å². The first-order valence-corrected chi connectivity index (χ1v) is 8.78. The maximum atomic E-state index is 6.41. The molecule has 0 saturated heterocycles. The van der Waals surface area contributed by atoms with E-state index in [4.69, 9.17) is 32.7 Å². The van der Waals surface area contributed by atoms with Gasteiger partial charge in [-0.3, -0.25) is 0 Å². The zero-order valence-corrected chi connectivity index (χ0v) is 16.0. The number of anilines is 1. The standard InChI is InChI=1S/C19H23Cl2NO2/c1-5-23-18-8-14(17(21)10-19(18)24-12(2)3)11-22-15-7-6-13(4)16(20)9-15/h6-10,12,22H,5,11H2,1-4H3. The quantitative estimate of drug-likeness (QED) is 0.641. The van der Waals surface area contributed by atoms with Gasteiger partial charge in [-0.2, -0.15) is 0 Å². The van der Waals surface area contributed by atoms with E-state index in [1.54, 1.807) is 0 Å². The molecule has 0 fully saturated rings. The van der Waals surface area contributed by atoms with E-state index in [1.165, 1.54) is 0 Å². The minimum atomic E-state index is 0.0546. The second-order valence-corrected chi connectivity index (χ2v) is 6.62. The Balaban J connectivity index is 2.19. The van der Waals surface area contributed by atoms with E-state index >= 15 is 0 Å². The Labute approximate surface area is 153 Å². The molecule has 130 valence electrons. The van der Waals surface area contributed by atoms with Gasteiger partial charge in [0.2, 0.25) is 0 Å². The Morgan fingerprint density at radius 2 is 1.79 bits per heavy atom. The van der Waals surface area contributed by atoms with Crippen LogP contribution >= 0.6 is 23.2 Å². The Morgan fingerprint density at radius 3 is 2.42 bits per heavy atom. The van der Waals surface area contributed by atoms with Crippen LogP contribution in [0.15, 0.2) is 30.3 Å². The molecular formula is C19H23Cl2NO2. The highest BCUT2D eigenvalue weighted by Gasteiger charge is 2.12. The summed E-state index contributed by atoms with van der Waals surface area (Å²) in [6.45, 7) is 9.00. The topological polar surface area (TPSA) is 30.5 Å². The third-order valence-corrected chi connectivity index (χ3v) is 4.19. The van der Waals surface area contributed by atoms with E-state index in [9.17, 15) is 0 Å². The highest BCUT2D eigenvalue weighted by Crippen LogP contribution is 2.34. The lowest BCUT2D eigenvalue weighted by Gasteiger charge is -2.17. The van der Waals surface area contributed by atoms with Gasteiger partial charge in [0, 0.05) is 28.3 Å². The molecule has 0 aliphatic rings. The second-order valence-electron chi connectivity index (χ2n) is 5.81. The number of hydrogen-bond acceptors (Lipinski definition) is 3. The van der Waals surface area contributed by atoms with Crippen LogP contribution in [0.25, 0.3) is 0 Å². The summed E-state index contributed by atoms with van der Waals surface area (Å²) in [5, 5.41) is 4.71. The molecule has 0 spiro atoms. The fourth-order valence-electron chi connectivity index (χ4n) is 2.23. The third-order valence-electron chi connectivity index (χ3n) is 3.43. The highest BCUT2D eigenvalue weighted by atomic mass is 35.5. The molecule has 24 heavy (non-hydrogen) atoms. The number of ether oxygens (including phenoxy) is 2. The number of halogens is 2. The molecule has 1 N–H and O–H groups in total. The van der Waals surface area contributed by atoms with Crippen molar-refractivity contribution in [2.45, 2.75) is 40.3 Å². The van der Waals surface area contributed by atoms with E-state index in [2.05, 4.69) is 5.32 Å². The van der Waals surface area contributed by atoms with Crippen LogP contribution in [0.4, 0.5) is 5.69 Å². The Morgan fingerprint density at radius 1 is 1.04 bits per heavy atom. The first kappa shape index (κ1) is 18.8. The van der Waals surface area contributed by atoms with Gasteiger partial charge in [-0.05, 0) is 57.0 Å². The van der Waals surface area contributed by atoms with Gasteiger partial charge in [-0.25, -0.2) is 0 Å². The summed E-state index contributed by atoms with van der Waals surface area (Å²) in [5.74, 6) is 1.37.